The Balaban J connectivity index is 0.000000312. The fourth-order valence-corrected chi connectivity index (χ4v) is 2.63. The Morgan fingerprint density at radius 3 is 2.05 bits per heavy atom. The van der Waals surface area contributed by atoms with Gasteiger partial charge >= 0.3 is 0 Å². The van der Waals surface area contributed by atoms with Crippen LogP contribution in [0, 0.1) is 10.2 Å². The van der Waals surface area contributed by atoms with Crippen LogP contribution in [-0.4, -0.2) is 4.68 Å². The standard InChI is InChI=1S/C11H18ClN2.ClHO4/c1-13-10(8-11(12)14(13)2)9-6-4-3-5-7-9;2-1(3,4)5/h8-9H,3-7H2,1-2H3;(H,2,3,4,5)/q+1;/p-1. The Labute approximate surface area is 119 Å². The second kappa shape index (κ2) is 6.88. The Kier molecular flexibility index (Phi) is 6.04. The molecule has 0 N–H and O–H groups in total. The van der Waals surface area contributed by atoms with Crippen molar-refractivity contribution in [3.05, 3.63) is 16.9 Å². The van der Waals surface area contributed by atoms with Gasteiger partial charge in [0.2, 0.25) is 5.69 Å². The summed E-state index contributed by atoms with van der Waals surface area (Å²) in [6.45, 7) is 0. The second-order valence-electron chi connectivity index (χ2n) is 4.65. The van der Waals surface area contributed by atoms with Crippen molar-refractivity contribution in [2.24, 2.45) is 14.1 Å². The van der Waals surface area contributed by atoms with Gasteiger partial charge in [0.1, 0.15) is 0 Å². The number of halogens is 2. The third kappa shape index (κ3) is 5.64. The number of rotatable bonds is 1. The molecule has 6 nitrogen and oxygen atoms in total. The van der Waals surface area contributed by atoms with Crippen LogP contribution in [0.3, 0.4) is 0 Å². The van der Waals surface area contributed by atoms with Gasteiger partial charge in [0.15, 0.2) is 12.2 Å². The molecule has 8 heteroatoms. The van der Waals surface area contributed by atoms with E-state index in [1.165, 1.54) is 37.8 Å². The van der Waals surface area contributed by atoms with E-state index >= 15 is 0 Å². The van der Waals surface area contributed by atoms with Crippen LogP contribution in [-0.2, 0) is 14.1 Å². The van der Waals surface area contributed by atoms with Gasteiger partial charge in [-0.25, -0.2) is 18.6 Å². The molecule has 0 atom stereocenters. The fourth-order valence-electron chi connectivity index (χ4n) is 2.41. The molecule has 0 aromatic carbocycles. The molecular weight excluding hydrogens is 295 g/mol. The quantitative estimate of drug-likeness (QED) is 0.549. The SMILES string of the molecule is Cn1c(Cl)cc(C2CCCCC2)[n+]1C.[O-][Cl+3]([O-])([O-])[O-]. The minimum atomic E-state index is -4.94. The summed E-state index contributed by atoms with van der Waals surface area (Å²) in [4.78, 5) is 0. The Bertz CT molecular complexity index is 406. The van der Waals surface area contributed by atoms with Gasteiger partial charge in [-0.3, -0.25) is 0 Å². The Morgan fingerprint density at radius 1 is 1.21 bits per heavy atom. The van der Waals surface area contributed by atoms with E-state index in [0.29, 0.717) is 0 Å². The zero-order chi connectivity index (χ0) is 14.6. The molecular formula is C11H18Cl2N2O4. The zero-order valence-corrected chi connectivity index (χ0v) is 12.5. The van der Waals surface area contributed by atoms with Crippen LogP contribution < -0.4 is 23.3 Å². The largest absolute Gasteiger partial charge is 0.222 e. The van der Waals surface area contributed by atoms with E-state index in [1.54, 1.807) is 0 Å². The maximum Gasteiger partial charge on any atom is 0.212 e. The lowest BCUT2D eigenvalue weighted by molar-refractivity contribution is -2.00. The molecule has 0 amide bonds. The van der Waals surface area contributed by atoms with Crippen molar-refractivity contribution in [1.82, 2.24) is 4.68 Å². The molecule has 1 saturated carbocycles. The molecule has 1 aliphatic rings. The van der Waals surface area contributed by atoms with E-state index < -0.39 is 10.2 Å². The molecule has 1 aliphatic carbocycles. The van der Waals surface area contributed by atoms with Gasteiger partial charge in [0.05, 0.1) is 7.05 Å². The van der Waals surface area contributed by atoms with Crippen molar-refractivity contribution in [3.8, 4) is 0 Å². The summed E-state index contributed by atoms with van der Waals surface area (Å²) >= 11 is 6.10. The molecule has 0 aliphatic heterocycles. The minimum Gasteiger partial charge on any atom is -0.222 e. The van der Waals surface area contributed by atoms with Crippen LogP contribution in [0.5, 0.6) is 0 Å². The highest BCUT2D eigenvalue weighted by Crippen LogP contribution is 2.31. The number of aromatic nitrogens is 2. The number of nitrogens with zero attached hydrogens (tertiary/aromatic N) is 2. The molecule has 0 radical (unpaired) electrons. The molecule has 19 heavy (non-hydrogen) atoms. The van der Waals surface area contributed by atoms with E-state index in [9.17, 15) is 0 Å². The maximum absolute atomic E-state index is 8.49. The predicted molar refractivity (Wildman–Crippen MR) is 57.4 cm³/mol. The predicted octanol–water partition coefficient (Wildman–Crippen LogP) is -2.21. The van der Waals surface area contributed by atoms with E-state index in [0.717, 1.165) is 11.1 Å². The van der Waals surface area contributed by atoms with Crippen molar-refractivity contribution in [2.45, 2.75) is 38.0 Å². The first kappa shape index (κ1) is 16.7. The topological polar surface area (TPSA) is 101 Å². The highest BCUT2D eigenvalue weighted by molar-refractivity contribution is 6.29. The van der Waals surface area contributed by atoms with Crippen molar-refractivity contribution in [3.63, 3.8) is 0 Å². The molecule has 0 saturated heterocycles. The number of hydrogen-bond donors (Lipinski definition) is 0. The average molecular weight is 313 g/mol. The van der Waals surface area contributed by atoms with Crippen LogP contribution in [0.15, 0.2) is 6.07 Å². The Hall–Kier alpha value is -0.370. The van der Waals surface area contributed by atoms with E-state index in [2.05, 4.69) is 17.8 Å². The first-order valence-corrected chi connectivity index (χ1v) is 7.64. The number of hydrogen-bond acceptors (Lipinski definition) is 4. The Morgan fingerprint density at radius 2 is 1.68 bits per heavy atom. The van der Waals surface area contributed by atoms with Crippen LogP contribution in [0.1, 0.15) is 43.7 Å². The lowest BCUT2D eigenvalue weighted by Crippen LogP contribution is -2.68. The minimum absolute atomic E-state index is 0.729. The molecule has 2 rings (SSSR count). The lowest BCUT2D eigenvalue weighted by Gasteiger charge is -2.17. The normalized spacial score (nSPS) is 17.0. The first-order chi connectivity index (χ1) is 8.70. The summed E-state index contributed by atoms with van der Waals surface area (Å²) in [5.41, 5.74) is 1.40. The zero-order valence-electron chi connectivity index (χ0n) is 11.0. The molecule has 0 unspecified atom stereocenters. The van der Waals surface area contributed by atoms with Gasteiger partial charge in [-0.05, 0) is 12.8 Å². The lowest BCUT2D eigenvalue weighted by atomic mass is 9.87. The highest BCUT2D eigenvalue weighted by atomic mass is 35.7. The summed E-state index contributed by atoms with van der Waals surface area (Å²) in [6.07, 6.45) is 6.80. The molecule has 1 aromatic heterocycles. The molecule has 0 spiro atoms. The summed E-state index contributed by atoms with van der Waals surface area (Å²) in [6, 6.07) is 2.12. The van der Waals surface area contributed by atoms with E-state index in [4.69, 9.17) is 30.2 Å². The van der Waals surface area contributed by atoms with Crippen LogP contribution in [0.2, 0.25) is 5.15 Å². The maximum atomic E-state index is 8.49. The summed E-state index contributed by atoms with van der Waals surface area (Å²) in [7, 11) is -0.843. The van der Waals surface area contributed by atoms with Crippen LogP contribution >= 0.6 is 11.6 Å². The van der Waals surface area contributed by atoms with Gasteiger partial charge in [-0.2, -0.15) is 0 Å². The van der Waals surface area contributed by atoms with Crippen molar-refractivity contribution in [2.75, 3.05) is 0 Å². The summed E-state index contributed by atoms with van der Waals surface area (Å²) < 4.78 is 38.2. The van der Waals surface area contributed by atoms with Crippen molar-refractivity contribution >= 4 is 11.6 Å². The van der Waals surface area contributed by atoms with Crippen molar-refractivity contribution < 1.29 is 33.6 Å². The molecule has 110 valence electrons. The van der Waals surface area contributed by atoms with Gasteiger partial charge in [-0.1, -0.05) is 30.9 Å². The van der Waals surface area contributed by atoms with Gasteiger partial charge < -0.3 is 0 Å². The monoisotopic (exact) mass is 312 g/mol. The second-order valence-corrected chi connectivity index (χ2v) is 5.80. The third-order valence-electron chi connectivity index (χ3n) is 3.42. The average Bonchev–Trinajstić information content (AvgIpc) is 2.56. The van der Waals surface area contributed by atoms with Crippen LogP contribution in [0.25, 0.3) is 0 Å². The molecule has 1 aromatic rings. The third-order valence-corrected chi connectivity index (χ3v) is 3.78. The van der Waals surface area contributed by atoms with E-state index in [-0.39, 0.29) is 0 Å². The van der Waals surface area contributed by atoms with Crippen LogP contribution in [0.4, 0.5) is 0 Å². The smallest absolute Gasteiger partial charge is 0.212 e. The summed E-state index contributed by atoms with van der Waals surface area (Å²) in [5.74, 6) is 0.729. The fraction of sp³-hybridized carbons (Fsp3) is 0.727. The van der Waals surface area contributed by atoms with Gasteiger partial charge in [0.25, 0.3) is 0 Å². The molecule has 1 heterocycles. The van der Waals surface area contributed by atoms with Gasteiger partial charge in [0, 0.05) is 12.0 Å². The molecule has 1 fully saturated rings. The highest BCUT2D eigenvalue weighted by Gasteiger charge is 2.26. The molecule has 0 bridgehead atoms. The first-order valence-electron chi connectivity index (χ1n) is 6.03. The van der Waals surface area contributed by atoms with E-state index in [1.807, 2.05) is 11.7 Å². The van der Waals surface area contributed by atoms with Gasteiger partial charge in [-0.15, -0.1) is 19.6 Å². The van der Waals surface area contributed by atoms with Crippen molar-refractivity contribution in [1.29, 1.82) is 0 Å². The summed E-state index contributed by atoms with van der Waals surface area (Å²) in [5, 5.41) is 0.841.